The maximum atomic E-state index is 12.8. The van der Waals surface area contributed by atoms with E-state index in [1.807, 2.05) is 18.2 Å². The summed E-state index contributed by atoms with van der Waals surface area (Å²) in [6, 6.07) is 10.8. The molecule has 8 heteroatoms. The Bertz CT molecular complexity index is 1280. The molecule has 0 aliphatic carbocycles. The monoisotopic (exact) mass is 379 g/mol. The lowest BCUT2D eigenvalue weighted by Crippen LogP contribution is -2.26. The number of benzene rings is 2. The third kappa shape index (κ3) is 2.48. The molecule has 1 aliphatic heterocycles. The number of carbonyl (C=O) groups excluding carboxylic acids is 1. The minimum atomic E-state index is -0.441. The van der Waals surface area contributed by atoms with Crippen molar-refractivity contribution in [1.82, 2.24) is 13.7 Å². The molecule has 5 rings (SSSR count). The van der Waals surface area contributed by atoms with Crippen LogP contribution in [-0.4, -0.2) is 26.8 Å². The summed E-state index contributed by atoms with van der Waals surface area (Å²) in [4.78, 5) is 27.9. The van der Waals surface area contributed by atoms with Crippen molar-refractivity contribution in [1.29, 1.82) is 0 Å². The number of aromatic nitrogens is 3. The number of hydrogen-bond acceptors (Lipinski definition) is 7. The van der Waals surface area contributed by atoms with Crippen LogP contribution in [0, 0.1) is 0 Å². The summed E-state index contributed by atoms with van der Waals surface area (Å²) in [5.74, 6) is 0.284. The van der Waals surface area contributed by atoms with Crippen LogP contribution >= 0.6 is 11.7 Å². The molecule has 27 heavy (non-hydrogen) atoms. The Hall–Kier alpha value is -3.26. The molecule has 0 radical (unpaired) electrons. The zero-order valence-corrected chi connectivity index (χ0v) is 15.0. The number of esters is 1. The molecule has 0 unspecified atom stereocenters. The Morgan fingerprint density at radius 1 is 1.19 bits per heavy atom. The summed E-state index contributed by atoms with van der Waals surface area (Å²) in [5, 5.41) is 0.856. The highest BCUT2D eigenvalue weighted by molar-refractivity contribution is 7.00. The zero-order valence-electron chi connectivity index (χ0n) is 14.2. The lowest BCUT2D eigenvalue weighted by molar-refractivity contribution is -0.135. The fourth-order valence-electron chi connectivity index (χ4n) is 3.56. The van der Waals surface area contributed by atoms with Gasteiger partial charge >= 0.3 is 5.97 Å². The second-order valence-corrected chi connectivity index (χ2v) is 6.88. The van der Waals surface area contributed by atoms with Crippen LogP contribution in [0.2, 0.25) is 0 Å². The maximum absolute atomic E-state index is 12.8. The normalized spacial score (nSPS) is 16.3. The molecule has 2 aromatic heterocycles. The molecule has 7 nitrogen and oxygen atoms in total. The number of methoxy groups -OCH3 is 1. The van der Waals surface area contributed by atoms with Crippen LogP contribution in [0.25, 0.3) is 21.9 Å². The highest BCUT2D eigenvalue weighted by atomic mass is 32.1. The summed E-state index contributed by atoms with van der Waals surface area (Å²) in [6.45, 7) is 0. The molecule has 4 aromatic rings. The second kappa shape index (κ2) is 5.88. The molecule has 0 saturated carbocycles. The lowest BCUT2D eigenvalue weighted by Gasteiger charge is -2.24. The van der Waals surface area contributed by atoms with Crippen molar-refractivity contribution in [2.75, 3.05) is 7.11 Å². The van der Waals surface area contributed by atoms with Crippen LogP contribution in [0.1, 0.15) is 23.5 Å². The Labute approximate surface area is 156 Å². The largest absolute Gasteiger partial charge is 0.497 e. The predicted molar refractivity (Wildman–Crippen MR) is 101 cm³/mol. The summed E-state index contributed by atoms with van der Waals surface area (Å²) in [6.07, 6.45) is 0.0778. The Morgan fingerprint density at radius 2 is 2.07 bits per heavy atom. The van der Waals surface area contributed by atoms with Gasteiger partial charge in [0, 0.05) is 23.1 Å². The minimum absolute atomic E-state index is 0.0778. The van der Waals surface area contributed by atoms with Crippen molar-refractivity contribution >= 4 is 39.6 Å². The number of nitrogens with zero attached hydrogens (tertiary/aromatic N) is 2. The van der Waals surface area contributed by atoms with Crippen molar-refractivity contribution in [3.05, 3.63) is 57.9 Å². The molecule has 0 saturated heterocycles. The van der Waals surface area contributed by atoms with E-state index in [1.54, 1.807) is 25.3 Å². The lowest BCUT2D eigenvalue weighted by atomic mass is 9.85. The van der Waals surface area contributed by atoms with Crippen LogP contribution in [0.15, 0.2) is 41.2 Å². The molecular formula is C19H13N3O4S. The molecule has 0 amide bonds. The molecule has 0 bridgehead atoms. The quantitative estimate of drug-likeness (QED) is 0.425. The standard InChI is InChI=1S/C19H13N3O4S/c1-25-10-3-2-9-6-12(19(24)20-14(9)7-10)11-8-16(23)26-15-5-4-13-18(17(11)15)22-27-21-13/h2-7,11H,8H2,1H3,(H,20,24)/t11-/m0/s1. The molecular weight excluding hydrogens is 366 g/mol. The number of nitrogens with one attached hydrogen (secondary N) is 1. The van der Waals surface area contributed by atoms with Crippen molar-refractivity contribution in [2.24, 2.45) is 0 Å². The van der Waals surface area contributed by atoms with Gasteiger partial charge in [0.25, 0.3) is 5.56 Å². The fraction of sp³-hybridized carbons (Fsp3) is 0.158. The number of carbonyl (C=O) groups is 1. The van der Waals surface area contributed by atoms with E-state index in [-0.39, 0.29) is 17.9 Å². The van der Waals surface area contributed by atoms with Crippen LogP contribution in [0.3, 0.4) is 0 Å². The van der Waals surface area contributed by atoms with Gasteiger partial charge in [-0.1, -0.05) is 0 Å². The summed E-state index contributed by atoms with van der Waals surface area (Å²) < 4.78 is 19.2. The highest BCUT2D eigenvalue weighted by Crippen LogP contribution is 2.41. The molecule has 2 aromatic carbocycles. The van der Waals surface area contributed by atoms with Gasteiger partial charge in [0.1, 0.15) is 22.5 Å². The SMILES string of the molecule is COc1ccc2cc([C@@H]3CC(=O)Oc4ccc5nsnc5c43)c(=O)[nH]c2c1. The Kier molecular flexibility index (Phi) is 3.48. The molecule has 0 spiro atoms. The van der Waals surface area contributed by atoms with E-state index >= 15 is 0 Å². The average molecular weight is 379 g/mol. The van der Waals surface area contributed by atoms with E-state index in [4.69, 9.17) is 9.47 Å². The van der Waals surface area contributed by atoms with Gasteiger partial charge in [-0.2, -0.15) is 8.75 Å². The highest BCUT2D eigenvalue weighted by Gasteiger charge is 2.33. The molecule has 0 fully saturated rings. The third-order valence-electron chi connectivity index (χ3n) is 4.83. The molecule has 134 valence electrons. The number of H-pyrrole nitrogens is 1. The summed E-state index contributed by atoms with van der Waals surface area (Å²) in [7, 11) is 1.57. The van der Waals surface area contributed by atoms with Crippen LogP contribution in [-0.2, 0) is 4.79 Å². The van der Waals surface area contributed by atoms with Crippen molar-refractivity contribution in [3.8, 4) is 11.5 Å². The number of fused-ring (bicyclic) bond motifs is 4. The molecule has 1 N–H and O–H groups in total. The van der Waals surface area contributed by atoms with Gasteiger partial charge in [0.2, 0.25) is 0 Å². The summed E-state index contributed by atoms with van der Waals surface area (Å²) >= 11 is 1.09. The smallest absolute Gasteiger partial charge is 0.312 e. The van der Waals surface area contributed by atoms with E-state index in [1.165, 1.54) is 0 Å². The molecule has 3 heterocycles. The van der Waals surface area contributed by atoms with E-state index in [2.05, 4.69) is 13.7 Å². The van der Waals surface area contributed by atoms with E-state index < -0.39 is 5.92 Å². The van der Waals surface area contributed by atoms with Gasteiger partial charge in [-0.3, -0.25) is 9.59 Å². The average Bonchev–Trinajstić information content (AvgIpc) is 3.15. The first-order valence-corrected chi connectivity index (χ1v) is 9.04. The van der Waals surface area contributed by atoms with Gasteiger partial charge < -0.3 is 14.5 Å². The fourth-order valence-corrected chi connectivity index (χ4v) is 4.11. The third-order valence-corrected chi connectivity index (χ3v) is 5.37. The first-order valence-electron chi connectivity index (χ1n) is 8.31. The van der Waals surface area contributed by atoms with Crippen molar-refractivity contribution in [3.63, 3.8) is 0 Å². The van der Waals surface area contributed by atoms with E-state index in [9.17, 15) is 9.59 Å². The maximum Gasteiger partial charge on any atom is 0.312 e. The number of pyridine rings is 1. The molecule has 1 atom stereocenters. The first-order chi connectivity index (χ1) is 13.1. The number of hydrogen-bond donors (Lipinski definition) is 1. The van der Waals surface area contributed by atoms with Gasteiger partial charge in [0.05, 0.1) is 30.8 Å². The van der Waals surface area contributed by atoms with E-state index in [0.29, 0.717) is 28.1 Å². The summed E-state index contributed by atoms with van der Waals surface area (Å²) in [5.41, 5.74) is 3.06. The van der Waals surface area contributed by atoms with Crippen LogP contribution < -0.4 is 15.0 Å². The number of aromatic amines is 1. The van der Waals surface area contributed by atoms with Crippen LogP contribution in [0.4, 0.5) is 0 Å². The molecule has 1 aliphatic rings. The van der Waals surface area contributed by atoms with Gasteiger partial charge in [-0.05, 0) is 35.7 Å². The van der Waals surface area contributed by atoms with Gasteiger partial charge in [-0.15, -0.1) is 0 Å². The Balaban J connectivity index is 1.75. The minimum Gasteiger partial charge on any atom is -0.497 e. The number of rotatable bonds is 2. The Morgan fingerprint density at radius 3 is 2.93 bits per heavy atom. The topological polar surface area (TPSA) is 94.2 Å². The second-order valence-electron chi connectivity index (χ2n) is 6.35. The predicted octanol–water partition coefficient (Wildman–Crippen LogP) is 2.98. The van der Waals surface area contributed by atoms with Gasteiger partial charge in [0.15, 0.2) is 0 Å². The van der Waals surface area contributed by atoms with Crippen molar-refractivity contribution < 1.29 is 14.3 Å². The first kappa shape index (κ1) is 16.0. The van der Waals surface area contributed by atoms with E-state index in [0.717, 1.165) is 28.2 Å². The number of ether oxygens (including phenoxy) is 2. The van der Waals surface area contributed by atoms with Crippen LogP contribution in [0.5, 0.6) is 11.5 Å². The van der Waals surface area contributed by atoms with Gasteiger partial charge in [-0.25, -0.2) is 0 Å². The zero-order chi connectivity index (χ0) is 18.5. The van der Waals surface area contributed by atoms with Crippen molar-refractivity contribution in [2.45, 2.75) is 12.3 Å².